The van der Waals surface area contributed by atoms with Gasteiger partial charge in [-0.3, -0.25) is 4.68 Å². The number of nitrogens with two attached hydrogens (primary N) is 1. The zero-order chi connectivity index (χ0) is 14.9. The minimum absolute atomic E-state index is 0.209. The number of anilines is 2. The normalized spacial score (nSPS) is 11.4. The third kappa shape index (κ3) is 2.90. The first-order valence-corrected chi connectivity index (χ1v) is 5.96. The summed E-state index contributed by atoms with van der Waals surface area (Å²) in [6.07, 6.45) is -2.93. The van der Waals surface area contributed by atoms with Gasteiger partial charge in [0.25, 0.3) is 0 Å². The molecule has 1 heterocycles. The van der Waals surface area contributed by atoms with Gasteiger partial charge in [-0.15, -0.1) is 0 Å². The van der Waals surface area contributed by atoms with Crippen molar-refractivity contribution in [2.24, 2.45) is 12.8 Å². The summed E-state index contributed by atoms with van der Waals surface area (Å²) in [5.41, 5.74) is 4.76. The van der Waals surface area contributed by atoms with Gasteiger partial charge in [0.05, 0.1) is 11.8 Å². The molecular formula is C12H11F3N4S. The van der Waals surface area contributed by atoms with E-state index in [1.54, 1.807) is 24.0 Å². The van der Waals surface area contributed by atoms with Gasteiger partial charge in [0.2, 0.25) is 0 Å². The van der Waals surface area contributed by atoms with E-state index < -0.39 is 11.7 Å². The Labute approximate surface area is 118 Å². The molecule has 0 spiro atoms. The maximum Gasteiger partial charge on any atom is 0.417 e. The summed E-state index contributed by atoms with van der Waals surface area (Å²) in [6, 6.07) is 5.24. The molecule has 0 aliphatic rings. The van der Waals surface area contributed by atoms with Crippen LogP contribution in [0.5, 0.6) is 0 Å². The maximum atomic E-state index is 12.8. The Morgan fingerprint density at radius 1 is 1.35 bits per heavy atom. The van der Waals surface area contributed by atoms with Crippen molar-refractivity contribution in [3.63, 3.8) is 0 Å². The van der Waals surface area contributed by atoms with Crippen LogP contribution in [0, 0.1) is 0 Å². The summed E-state index contributed by atoms with van der Waals surface area (Å²) in [6.45, 7) is 0. The van der Waals surface area contributed by atoms with Crippen LogP contribution in [0.2, 0.25) is 0 Å². The Morgan fingerprint density at radius 3 is 2.55 bits per heavy atom. The number of nitrogens with zero attached hydrogens (tertiary/aromatic N) is 2. The van der Waals surface area contributed by atoms with Crippen LogP contribution < -0.4 is 11.1 Å². The molecule has 2 rings (SSSR count). The Bertz CT molecular complexity index is 648. The summed E-state index contributed by atoms with van der Waals surface area (Å²) in [5.74, 6) is 0.638. The molecule has 0 radical (unpaired) electrons. The summed E-state index contributed by atoms with van der Waals surface area (Å²) in [7, 11) is 1.71. The largest absolute Gasteiger partial charge is 0.417 e. The molecular weight excluding hydrogens is 289 g/mol. The highest BCUT2D eigenvalue weighted by Crippen LogP contribution is 2.33. The van der Waals surface area contributed by atoms with Crippen LogP contribution in [0.3, 0.4) is 0 Å². The van der Waals surface area contributed by atoms with E-state index in [9.17, 15) is 13.2 Å². The standard InChI is InChI=1S/C12H11F3N4S/c1-19-10(4-5-17-19)18-7-2-3-9(12(13,14)15)8(6-7)11(16)20/h2-6,18H,1H3,(H2,16,20). The van der Waals surface area contributed by atoms with Crippen molar-refractivity contribution in [2.75, 3.05) is 5.32 Å². The van der Waals surface area contributed by atoms with Crippen LogP contribution in [-0.2, 0) is 13.2 Å². The molecule has 106 valence electrons. The first kappa shape index (κ1) is 14.3. The van der Waals surface area contributed by atoms with Crippen LogP contribution in [0.4, 0.5) is 24.7 Å². The molecule has 3 N–H and O–H groups in total. The van der Waals surface area contributed by atoms with Crippen molar-refractivity contribution >= 4 is 28.7 Å². The summed E-state index contributed by atoms with van der Waals surface area (Å²) < 4.78 is 40.1. The second-order valence-electron chi connectivity index (χ2n) is 4.09. The van der Waals surface area contributed by atoms with E-state index in [1.807, 2.05) is 0 Å². The Kier molecular flexibility index (Phi) is 3.67. The smallest absolute Gasteiger partial charge is 0.389 e. The van der Waals surface area contributed by atoms with Gasteiger partial charge in [0, 0.05) is 24.4 Å². The Balaban J connectivity index is 2.41. The first-order valence-electron chi connectivity index (χ1n) is 5.55. The SMILES string of the molecule is Cn1nccc1Nc1ccc(C(F)(F)F)c(C(N)=S)c1. The molecule has 1 aromatic carbocycles. The lowest BCUT2D eigenvalue weighted by Crippen LogP contribution is -2.18. The number of hydrogen-bond donors (Lipinski definition) is 2. The number of halogens is 3. The number of thiocarbonyl (C=S) groups is 1. The van der Waals surface area contributed by atoms with Gasteiger partial charge in [-0.05, 0) is 18.2 Å². The zero-order valence-electron chi connectivity index (χ0n) is 10.4. The molecule has 0 aliphatic heterocycles. The molecule has 0 unspecified atom stereocenters. The third-order valence-electron chi connectivity index (χ3n) is 2.68. The number of benzene rings is 1. The topological polar surface area (TPSA) is 55.9 Å². The highest BCUT2D eigenvalue weighted by atomic mass is 32.1. The van der Waals surface area contributed by atoms with E-state index in [4.69, 9.17) is 5.73 Å². The fourth-order valence-electron chi connectivity index (χ4n) is 1.72. The van der Waals surface area contributed by atoms with Gasteiger partial charge in [-0.2, -0.15) is 18.3 Å². The lowest BCUT2D eigenvalue weighted by Gasteiger charge is -2.14. The quantitative estimate of drug-likeness (QED) is 0.856. The van der Waals surface area contributed by atoms with Crippen molar-refractivity contribution in [3.05, 3.63) is 41.6 Å². The van der Waals surface area contributed by atoms with Crippen LogP contribution in [-0.4, -0.2) is 14.8 Å². The molecule has 2 aromatic rings. The molecule has 1 aromatic heterocycles. The average Bonchev–Trinajstić information content (AvgIpc) is 2.73. The number of aryl methyl sites for hydroxylation is 1. The number of aromatic nitrogens is 2. The summed E-state index contributed by atoms with van der Waals surface area (Å²) >= 11 is 4.68. The van der Waals surface area contributed by atoms with Crippen LogP contribution in [0.25, 0.3) is 0 Å². The van der Waals surface area contributed by atoms with E-state index in [2.05, 4.69) is 22.6 Å². The second-order valence-corrected chi connectivity index (χ2v) is 4.53. The third-order valence-corrected chi connectivity index (χ3v) is 2.90. The minimum Gasteiger partial charge on any atom is -0.389 e. The van der Waals surface area contributed by atoms with Crippen molar-refractivity contribution in [3.8, 4) is 0 Å². The lowest BCUT2D eigenvalue weighted by molar-refractivity contribution is -0.137. The maximum absolute atomic E-state index is 12.8. The van der Waals surface area contributed by atoms with Crippen molar-refractivity contribution in [2.45, 2.75) is 6.18 Å². The van der Waals surface area contributed by atoms with Crippen molar-refractivity contribution in [1.29, 1.82) is 0 Å². The molecule has 0 atom stereocenters. The second kappa shape index (κ2) is 5.12. The molecule has 0 bridgehead atoms. The van der Waals surface area contributed by atoms with Crippen LogP contribution in [0.1, 0.15) is 11.1 Å². The zero-order valence-corrected chi connectivity index (χ0v) is 11.2. The summed E-state index contributed by atoms with van der Waals surface area (Å²) in [5, 5.41) is 6.89. The van der Waals surface area contributed by atoms with E-state index in [1.165, 1.54) is 12.1 Å². The molecule has 0 fully saturated rings. The highest BCUT2D eigenvalue weighted by Gasteiger charge is 2.34. The number of hydrogen-bond acceptors (Lipinski definition) is 3. The van der Waals surface area contributed by atoms with E-state index in [0.29, 0.717) is 11.5 Å². The fraction of sp³-hybridized carbons (Fsp3) is 0.167. The van der Waals surface area contributed by atoms with Gasteiger partial charge in [-0.25, -0.2) is 0 Å². The van der Waals surface area contributed by atoms with Gasteiger partial charge in [0.1, 0.15) is 10.8 Å². The summed E-state index contributed by atoms with van der Waals surface area (Å²) in [4.78, 5) is -0.300. The molecule has 0 saturated heterocycles. The number of nitrogens with one attached hydrogen (secondary N) is 1. The predicted molar refractivity (Wildman–Crippen MR) is 73.8 cm³/mol. The molecule has 20 heavy (non-hydrogen) atoms. The lowest BCUT2D eigenvalue weighted by atomic mass is 10.1. The van der Waals surface area contributed by atoms with E-state index in [0.717, 1.165) is 6.07 Å². The Hall–Kier alpha value is -2.09. The minimum atomic E-state index is -4.50. The number of rotatable bonds is 3. The molecule has 4 nitrogen and oxygen atoms in total. The first-order chi connectivity index (χ1) is 9.29. The van der Waals surface area contributed by atoms with E-state index in [-0.39, 0.29) is 10.6 Å². The molecule has 0 saturated carbocycles. The van der Waals surface area contributed by atoms with Crippen LogP contribution >= 0.6 is 12.2 Å². The van der Waals surface area contributed by atoms with Crippen molar-refractivity contribution in [1.82, 2.24) is 9.78 Å². The molecule has 8 heteroatoms. The predicted octanol–water partition coefficient (Wildman–Crippen LogP) is 2.82. The van der Waals surface area contributed by atoms with E-state index >= 15 is 0 Å². The highest BCUT2D eigenvalue weighted by molar-refractivity contribution is 7.80. The molecule has 0 amide bonds. The van der Waals surface area contributed by atoms with Crippen molar-refractivity contribution < 1.29 is 13.2 Å². The van der Waals surface area contributed by atoms with Crippen LogP contribution in [0.15, 0.2) is 30.5 Å². The average molecular weight is 300 g/mol. The number of alkyl halides is 3. The monoisotopic (exact) mass is 300 g/mol. The Morgan fingerprint density at radius 2 is 2.05 bits per heavy atom. The van der Waals surface area contributed by atoms with Gasteiger partial charge < -0.3 is 11.1 Å². The van der Waals surface area contributed by atoms with Gasteiger partial charge >= 0.3 is 6.18 Å². The fourth-order valence-corrected chi connectivity index (χ4v) is 1.89. The van der Waals surface area contributed by atoms with Gasteiger partial charge in [0.15, 0.2) is 0 Å². The van der Waals surface area contributed by atoms with Gasteiger partial charge in [-0.1, -0.05) is 12.2 Å². The molecule has 0 aliphatic carbocycles.